The minimum absolute atomic E-state index is 0.0263. The molecule has 1 aliphatic heterocycles. The van der Waals surface area contributed by atoms with Crippen molar-refractivity contribution in [2.24, 2.45) is 0 Å². The van der Waals surface area contributed by atoms with Crippen LogP contribution in [0.15, 0.2) is 152 Å². The molecule has 0 saturated carbocycles. The predicted molar refractivity (Wildman–Crippen MR) is 205 cm³/mol. The van der Waals surface area contributed by atoms with Gasteiger partial charge in [-0.25, -0.2) is 14.5 Å². The van der Waals surface area contributed by atoms with Crippen LogP contribution in [0.25, 0.3) is 0 Å². The van der Waals surface area contributed by atoms with Gasteiger partial charge in [-0.15, -0.1) is 0 Å². The van der Waals surface area contributed by atoms with Crippen LogP contribution in [0.4, 0.5) is 5.69 Å². The molecule has 0 aliphatic carbocycles. The highest BCUT2D eigenvalue weighted by atomic mass is 35.5. The monoisotopic (exact) mass is 767 g/mol. The van der Waals surface area contributed by atoms with Crippen molar-refractivity contribution in [1.29, 1.82) is 0 Å². The predicted octanol–water partition coefficient (Wildman–Crippen LogP) is 9.36. The molecule has 6 aromatic carbocycles. The Morgan fingerprint density at radius 3 is 1.44 bits per heavy atom. The van der Waals surface area contributed by atoms with Gasteiger partial charge in [0.25, 0.3) is 11.8 Å². The Kier molecular flexibility index (Phi) is 10.5. The lowest BCUT2D eigenvalue weighted by molar-refractivity contribution is 0.0278. The summed E-state index contributed by atoms with van der Waals surface area (Å²) in [7, 11) is 0. The Bertz CT molecular complexity index is 2470. The third kappa shape index (κ3) is 7.57. The molecule has 9 nitrogen and oxygen atoms in total. The SMILES string of the molecule is O=C(O[C@H](C(=O)c1ccc(Cl)cc1)c1ccccc1)c1ccc2c(c1)C(=O)N(c1ccccc1C(=O)O[C@H](C(=O)c1ccc(Cl)cc1)c1ccccc1)C2=O. The molecule has 0 spiro atoms. The molecule has 0 N–H and O–H groups in total. The van der Waals surface area contributed by atoms with E-state index in [1.807, 2.05) is 0 Å². The molecule has 270 valence electrons. The largest absolute Gasteiger partial charge is 0.445 e. The minimum atomic E-state index is -1.37. The molecule has 7 rings (SSSR count). The van der Waals surface area contributed by atoms with Crippen LogP contribution in [0.2, 0.25) is 10.0 Å². The number of imide groups is 1. The van der Waals surface area contributed by atoms with Crippen molar-refractivity contribution in [3.8, 4) is 0 Å². The average molecular weight is 769 g/mol. The van der Waals surface area contributed by atoms with Gasteiger partial charge in [0, 0.05) is 32.3 Å². The van der Waals surface area contributed by atoms with Gasteiger partial charge in [0.2, 0.25) is 11.6 Å². The van der Waals surface area contributed by atoms with Gasteiger partial charge in [-0.3, -0.25) is 19.2 Å². The van der Waals surface area contributed by atoms with Crippen LogP contribution in [0.1, 0.15) is 85.5 Å². The van der Waals surface area contributed by atoms with Crippen LogP contribution in [0.5, 0.6) is 0 Å². The molecule has 55 heavy (non-hydrogen) atoms. The van der Waals surface area contributed by atoms with Gasteiger partial charge in [-0.1, -0.05) is 96.0 Å². The number of benzene rings is 6. The molecule has 2 atom stereocenters. The van der Waals surface area contributed by atoms with Crippen molar-refractivity contribution in [2.45, 2.75) is 12.2 Å². The number of esters is 2. The molecular weight excluding hydrogens is 741 g/mol. The molecular formula is C44H27Cl2NO8. The summed E-state index contributed by atoms with van der Waals surface area (Å²) in [4.78, 5) is 83.3. The highest BCUT2D eigenvalue weighted by Gasteiger charge is 2.40. The zero-order chi connectivity index (χ0) is 38.6. The van der Waals surface area contributed by atoms with Crippen molar-refractivity contribution in [2.75, 3.05) is 4.90 Å². The van der Waals surface area contributed by atoms with E-state index < -0.39 is 47.5 Å². The van der Waals surface area contributed by atoms with Crippen molar-refractivity contribution in [3.05, 3.63) is 206 Å². The second-order valence-corrected chi connectivity index (χ2v) is 13.2. The van der Waals surface area contributed by atoms with E-state index in [9.17, 15) is 28.8 Å². The first-order valence-electron chi connectivity index (χ1n) is 16.8. The standard InChI is InChI=1S/C44H27Cl2NO8/c45-31-20-15-26(16-21-31)37(48)39(28-9-3-1-4-10-28)54-43(52)30-19-24-33-35(25-30)42(51)47(41(33)50)36-14-8-7-13-34(36)44(53)55-40(29-11-5-2-6-12-29)38(49)27-17-22-32(46)23-18-27/h1-25,39-40H/t39-,40-/m0/s1. The van der Waals surface area contributed by atoms with Crippen molar-refractivity contribution < 1.29 is 38.2 Å². The van der Waals surface area contributed by atoms with Gasteiger partial charge in [-0.05, 0) is 78.9 Å². The maximum atomic E-state index is 14.0. The second-order valence-electron chi connectivity index (χ2n) is 12.4. The normalized spacial score (nSPS) is 13.1. The Morgan fingerprint density at radius 1 is 0.473 bits per heavy atom. The van der Waals surface area contributed by atoms with E-state index in [2.05, 4.69) is 0 Å². The summed E-state index contributed by atoms with van der Waals surface area (Å²) in [5, 5.41) is 0.848. The van der Waals surface area contributed by atoms with Gasteiger partial charge < -0.3 is 9.47 Å². The first-order valence-corrected chi connectivity index (χ1v) is 17.6. The van der Waals surface area contributed by atoms with Crippen LogP contribution in [0, 0.1) is 0 Å². The van der Waals surface area contributed by atoms with Crippen molar-refractivity contribution >= 4 is 64.2 Å². The number of hydrogen-bond acceptors (Lipinski definition) is 8. The van der Waals surface area contributed by atoms with Gasteiger partial charge >= 0.3 is 11.9 Å². The molecule has 11 heteroatoms. The van der Waals surface area contributed by atoms with E-state index in [1.54, 1.807) is 84.9 Å². The number of para-hydroxylation sites is 1. The summed E-state index contributed by atoms with van der Waals surface area (Å²) in [6, 6.07) is 38.8. The number of ether oxygens (including phenoxy) is 2. The lowest BCUT2D eigenvalue weighted by atomic mass is 9.99. The Hall–Kier alpha value is -6.68. The van der Waals surface area contributed by atoms with E-state index in [0.717, 1.165) is 4.90 Å². The molecule has 0 unspecified atom stereocenters. The minimum Gasteiger partial charge on any atom is -0.445 e. The number of Topliss-reactive ketones (excluding diaryl/α,β-unsaturated/α-hetero) is 2. The van der Waals surface area contributed by atoms with Crippen LogP contribution in [0.3, 0.4) is 0 Å². The number of fused-ring (bicyclic) bond motifs is 1. The summed E-state index contributed by atoms with van der Waals surface area (Å²) in [6.45, 7) is 0. The summed E-state index contributed by atoms with van der Waals surface area (Å²) >= 11 is 12.0. The lowest BCUT2D eigenvalue weighted by Crippen LogP contribution is -2.31. The third-order valence-electron chi connectivity index (χ3n) is 8.88. The molecule has 0 saturated heterocycles. The Labute approximate surface area is 324 Å². The molecule has 0 bridgehead atoms. The maximum Gasteiger partial charge on any atom is 0.341 e. The zero-order valence-corrected chi connectivity index (χ0v) is 30.1. The molecule has 0 aromatic heterocycles. The fourth-order valence-corrected chi connectivity index (χ4v) is 6.36. The highest BCUT2D eigenvalue weighted by Crippen LogP contribution is 2.34. The van der Waals surface area contributed by atoms with Crippen LogP contribution >= 0.6 is 23.2 Å². The number of halogens is 2. The third-order valence-corrected chi connectivity index (χ3v) is 9.38. The van der Waals surface area contributed by atoms with Crippen molar-refractivity contribution in [1.82, 2.24) is 0 Å². The van der Waals surface area contributed by atoms with E-state index >= 15 is 0 Å². The molecule has 6 aromatic rings. The molecule has 0 radical (unpaired) electrons. The number of rotatable bonds is 11. The average Bonchev–Trinajstić information content (AvgIpc) is 3.47. The number of amides is 2. The topological polar surface area (TPSA) is 124 Å². The van der Waals surface area contributed by atoms with Gasteiger partial charge in [0.05, 0.1) is 27.9 Å². The van der Waals surface area contributed by atoms with E-state index in [4.69, 9.17) is 32.7 Å². The van der Waals surface area contributed by atoms with E-state index in [-0.39, 0.29) is 39.1 Å². The number of nitrogens with zero attached hydrogens (tertiary/aromatic N) is 1. The number of ketones is 2. The van der Waals surface area contributed by atoms with Crippen LogP contribution in [-0.2, 0) is 9.47 Å². The number of hydrogen-bond donors (Lipinski definition) is 0. The molecule has 2 amide bonds. The summed E-state index contributed by atoms with van der Waals surface area (Å²) in [5.41, 5.74) is 0.839. The Morgan fingerprint density at radius 2 is 0.909 bits per heavy atom. The molecule has 1 heterocycles. The number of carbonyl (C=O) groups excluding carboxylic acids is 6. The maximum absolute atomic E-state index is 14.0. The number of anilines is 1. The first-order chi connectivity index (χ1) is 26.6. The lowest BCUT2D eigenvalue weighted by Gasteiger charge is -2.21. The number of carbonyl (C=O) groups is 6. The summed E-state index contributed by atoms with van der Waals surface area (Å²) < 4.78 is 11.6. The van der Waals surface area contributed by atoms with Gasteiger partial charge in [0.1, 0.15) is 0 Å². The molecule has 1 aliphatic rings. The van der Waals surface area contributed by atoms with Gasteiger partial charge in [-0.2, -0.15) is 0 Å². The summed E-state index contributed by atoms with van der Waals surface area (Å²) in [5.74, 6) is -4.47. The second kappa shape index (κ2) is 15.7. The van der Waals surface area contributed by atoms with Crippen LogP contribution < -0.4 is 4.90 Å². The first kappa shape index (κ1) is 36.7. The smallest absolute Gasteiger partial charge is 0.341 e. The highest BCUT2D eigenvalue weighted by molar-refractivity contribution is 6.35. The van der Waals surface area contributed by atoms with E-state index in [1.165, 1.54) is 66.7 Å². The quantitative estimate of drug-likeness (QED) is 0.0726. The summed E-state index contributed by atoms with van der Waals surface area (Å²) in [6.07, 6.45) is -2.70. The van der Waals surface area contributed by atoms with Crippen LogP contribution in [-0.4, -0.2) is 35.3 Å². The Balaban J connectivity index is 1.16. The fourth-order valence-electron chi connectivity index (χ4n) is 6.11. The molecule has 0 fully saturated rings. The van der Waals surface area contributed by atoms with E-state index in [0.29, 0.717) is 21.2 Å². The van der Waals surface area contributed by atoms with Gasteiger partial charge in [0.15, 0.2) is 12.2 Å². The zero-order valence-electron chi connectivity index (χ0n) is 28.6. The fraction of sp³-hybridized carbons (Fsp3) is 0.0455. The van der Waals surface area contributed by atoms with Crippen molar-refractivity contribution in [3.63, 3.8) is 0 Å².